The quantitative estimate of drug-likeness (QED) is 0.803. The van der Waals surface area contributed by atoms with Crippen molar-refractivity contribution < 1.29 is 17.9 Å². The van der Waals surface area contributed by atoms with Crippen LogP contribution < -0.4 is 14.8 Å². The number of halogens is 1. The highest BCUT2D eigenvalue weighted by atomic mass is 79.9. The highest BCUT2D eigenvalue weighted by Crippen LogP contribution is 2.39. The molecule has 0 unspecified atom stereocenters. The third kappa shape index (κ3) is 2.69. The van der Waals surface area contributed by atoms with Gasteiger partial charge < -0.3 is 10.1 Å². The summed E-state index contributed by atoms with van der Waals surface area (Å²) in [6.07, 6.45) is 0.945. The molecule has 116 valence electrons. The molecule has 0 bridgehead atoms. The molecule has 1 saturated carbocycles. The summed E-state index contributed by atoms with van der Waals surface area (Å²) < 4.78 is 33.5. The molecule has 0 radical (unpaired) electrons. The van der Waals surface area contributed by atoms with Crippen LogP contribution in [0.3, 0.4) is 0 Å². The highest BCUT2D eigenvalue weighted by Gasteiger charge is 2.47. The van der Waals surface area contributed by atoms with Gasteiger partial charge in [-0.3, -0.25) is 4.79 Å². The first kappa shape index (κ1) is 15.3. The van der Waals surface area contributed by atoms with Crippen LogP contribution in [-0.2, 0) is 10.0 Å². The van der Waals surface area contributed by atoms with Crippen LogP contribution in [0.1, 0.15) is 23.2 Å². The minimum Gasteiger partial charge on any atom is -0.489 e. The number of hydrogen-bond acceptors (Lipinski definition) is 5. The number of benzene rings is 1. The van der Waals surface area contributed by atoms with Gasteiger partial charge in [-0.1, -0.05) is 15.9 Å². The first-order valence-electron chi connectivity index (χ1n) is 6.57. The van der Waals surface area contributed by atoms with Crippen LogP contribution in [0, 0.1) is 11.3 Å². The standard InChI is InChI=1S/C13H12BrN3O4S/c14-8-5-9-11(21-4-3-16-12(9)18)10(6-8)22(19,20)17-13(7-15)1-2-13/h5-6,17H,1-4H2,(H,16,18). The number of fused-ring (bicyclic) bond motifs is 1. The van der Waals surface area contributed by atoms with Gasteiger partial charge in [0.05, 0.1) is 18.2 Å². The van der Waals surface area contributed by atoms with Crippen molar-refractivity contribution in [2.75, 3.05) is 13.2 Å². The molecule has 0 saturated heterocycles. The largest absolute Gasteiger partial charge is 0.489 e. The number of carbonyl (C=O) groups is 1. The van der Waals surface area contributed by atoms with E-state index in [9.17, 15) is 13.2 Å². The molecule has 7 nitrogen and oxygen atoms in total. The Morgan fingerprint density at radius 3 is 2.77 bits per heavy atom. The van der Waals surface area contributed by atoms with Crippen LogP contribution in [0.15, 0.2) is 21.5 Å². The Balaban J connectivity index is 2.11. The van der Waals surface area contributed by atoms with E-state index >= 15 is 0 Å². The van der Waals surface area contributed by atoms with E-state index in [1.54, 1.807) is 0 Å². The minimum atomic E-state index is -3.98. The zero-order chi connectivity index (χ0) is 16.0. The molecule has 22 heavy (non-hydrogen) atoms. The van der Waals surface area contributed by atoms with Gasteiger partial charge in [0.1, 0.15) is 17.0 Å². The SMILES string of the molecule is N#CC1(NS(=O)(=O)c2cc(Br)cc3c2OCCNC3=O)CC1. The average molecular weight is 386 g/mol. The number of nitrogens with zero attached hydrogens (tertiary/aromatic N) is 1. The maximum absolute atomic E-state index is 12.6. The van der Waals surface area contributed by atoms with E-state index in [0.717, 1.165) is 0 Å². The van der Waals surface area contributed by atoms with Gasteiger partial charge in [-0.2, -0.15) is 9.98 Å². The van der Waals surface area contributed by atoms with Crippen LogP contribution >= 0.6 is 15.9 Å². The molecule has 1 amide bonds. The zero-order valence-corrected chi connectivity index (χ0v) is 13.8. The molecular formula is C13H12BrN3O4S. The van der Waals surface area contributed by atoms with Gasteiger partial charge >= 0.3 is 0 Å². The molecule has 1 aliphatic carbocycles. The van der Waals surface area contributed by atoms with Crippen LogP contribution in [0.5, 0.6) is 5.75 Å². The van der Waals surface area contributed by atoms with Crippen LogP contribution in [-0.4, -0.2) is 33.0 Å². The fourth-order valence-corrected chi connectivity index (χ4v) is 4.35. The molecule has 1 heterocycles. The molecular weight excluding hydrogens is 374 g/mol. The number of rotatable bonds is 3. The maximum Gasteiger partial charge on any atom is 0.255 e. The van der Waals surface area contributed by atoms with Gasteiger partial charge in [-0.15, -0.1) is 0 Å². The van der Waals surface area contributed by atoms with E-state index in [-0.39, 0.29) is 22.8 Å². The molecule has 0 spiro atoms. The zero-order valence-electron chi connectivity index (χ0n) is 11.3. The molecule has 1 aliphatic heterocycles. The number of sulfonamides is 1. The summed E-state index contributed by atoms with van der Waals surface area (Å²) in [5, 5.41) is 11.7. The van der Waals surface area contributed by atoms with Gasteiger partial charge in [-0.25, -0.2) is 8.42 Å². The number of nitriles is 1. The second-order valence-corrected chi connectivity index (χ2v) is 7.75. The Morgan fingerprint density at radius 1 is 1.41 bits per heavy atom. The van der Waals surface area contributed by atoms with E-state index in [1.807, 2.05) is 6.07 Å². The molecule has 3 rings (SSSR count). The van der Waals surface area contributed by atoms with E-state index in [0.29, 0.717) is 23.9 Å². The smallest absolute Gasteiger partial charge is 0.255 e. The maximum atomic E-state index is 12.6. The molecule has 0 atom stereocenters. The molecule has 9 heteroatoms. The Labute approximate surface area is 135 Å². The molecule has 1 aromatic carbocycles. The predicted molar refractivity (Wildman–Crippen MR) is 79.9 cm³/mol. The normalized spacial score (nSPS) is 19.2. The summed E-state index contributed by atoms with van der Waals surface area (Å²) in [5.74, 6) is -0.383. The van der Waals surface area contributed by atoms with Crippen LogP contribution in [0.2, 0.25) is 0 Å². The molecule has 2 aliphatic rings. The van der Waals surface area contributed by atoms with E-state index in [4.69, 9.17) is 10.00 Å². The monoisotopic (exact) mass is 385 g/mol. The molecule has 1 fully saturated rings. The first-order chi connectivity index (χ1) is 10.4. The van der Waals surface area contributed by atoms with Gasteiger partial charge in [0.2, 0.25) is 10.0 Å². The average Bonchev–Trinajstić information content (AvgIpc) is 3.24. The molecule has 1 aromatic rings. The summed E-state index contributed by atoms with van der Waals surface area (Å²) in [6.45, 7) is 0.465. The van der Waals surface area contributed by atoms with Crippen molar-refractivity contribution in [3.63, 3.8) is 0 Å². The van der Waals surface area contributed by atoms with Gasteiger partial charge in [0, 0.05) is 4.47 Å². The molecule has 2 N–H and O–H groups in total. The lowest BCUT2D eigenvalue weighted by Crippen LogP contribution is -2.35. The fraction of sp³-hybridized carbons (Fsp3) is 0.385. The third-order valence-corrected chi connectivity index (χ3v) is 5.48. The lowest BCUT2D eigenvalue weighted by molar-refractivity contribution is 0.0957. The van der Waals surface area contributed by atoms with Gasteiger partial charge in [0.25, 0.3) is 5.91 Å². The van der Waals surface area contributed by atoms with Crippen molar-refractivity contribution in [2.45, 2.75) is 23.3 Å². The topological polar surface area (TPSA) is 108 Å². The minimum absolute atomic E-state index is 0.0134. The van der Waals surface area contributed by atoms with Crippen molar-refractivity contribution in [3.05, 3.63) is 22.2 Å². The Hall–Kier alpha value is -1.63. The Morgan fingerprint density at radius 2 is 2.14 bits per heavy atom. The van der Waals surface area contributed by atoms with Crippen LogP contribution in [0.25, 0.3) is 0 Å². The summed E-state index contributed by atoms with van der Waals surface area (Å²) in [5.41, 5.74) is -0.893. The Kier molecular flexibility index (Phi) is 3.63. The van der Waals surface area contributed by atoms with Crippen molar-refractivity contribution in [2.24, 2.45) is 0 Å². The van der Waals surface area contributed by atoms with Crippen molar-refractivity contribution in [3.8, 4) is 11.8 Å². The van der Waals surface area contributed by atoms with E-state index in [1.165, 1.54) is 12.1 Å². The lowest BCUT2D eigenvalue weighted by Gasteiger charge is -2.15. The fourth-order valence-electron chi connectivity index (χ4n) is 2.17. The lowest BCUT2D eigenvalue weighted by atomic mass is 10.2. The van der Waals surface area contributed by atoms with Gasteiger partial charge in [-0.05, 0) is 25.0 Å². The second-order valence-electron chi connectivity index (χ2n) is 5.18. The van der Waals surface area contributed by atoms with Crippen molar-refractivity contribution in [1.29, 1.82) is 5.26 Å². The summed E-state index contributed by atoms with van der Waals surface area (Å²) in [7, 11) is -3.98. The summed E-state index contributed by atoms with van der Waals surface area (Å²) >= 11 is 3.21. The summed E-state index contributed by atoms with van der Waals surface area (Å²) in [6, 6.07) is 4.85. The third-order valence-electron chi connectivity index (χ3n) is 3.48. The Bertz CT molecular complexity index is 796. The van der Waals surface area contributed by atoms with E-state index < -0.39 is 21.5 Å². The number of amides is 1. The van der Waals surface area contributed by atoms with Crippen LogP contribution in [0.4, 0.5) is 0 Å². The first-order valence-corrected chi connectivity index (χ1v) is 8.84. The van der Waals surface area contributed by atoms with Crippen molar-refractivity contribution >= 4 is 31.9 Å². The van der Waals surface area contributed by atoms with Gasteiger partial charge in [0.15, 0.2) is 5.75 Å². The summed E-state index contributed by atoms with van der Waals surface area (Å²) in [4.78, 5) is 11.9. The molecule has 0 aromatic heterocycles. The number of carbonyl (C=O) groups excluding carboxylic acids is 1. The predicted octanol–water partition coefficient (Wildman–Crippen LogP) is 0.906. The second kappa shape index (κ2) is 5.22. The number of hydrogen-bond donors (Lipinski definition) is 2. The van der Waals surface area contributed by atoms with Crippen molar-refractivity contribution in [1.82, 2.24) is 10.0 Å². The number of nitrogens with one attached hydrogen (secondary N) is 2. The number of ether oxygens (including phenoxy) is 1. The van der Waals surface area contributed by atoms with E-state index in [2.05, 4.69) is 26.0 Å². The highest BCUT2D eigenvalue weighted by molar-refractivity contribution is 9.10.